The zero-order valence-corrected chi connectivity index (χ0v) is 16.0. The zero-order valence-electron chi connectivity index (χ0n) is 15.1. The van der Waals surface area contributed by atoms with E-state index in [-0.39, 0.29) is 11.6 Å². The summed E-state index contributed by atoms with van der Waals surface area (Å²) in [6.07, 6.45) is 0. The summed E-state index contributed by atoms with van der Waals surface area (Å²) in [5, 5.41) is 9.33. The number of benzene rings is 3. The molecule has 4 aromatic rings. The van der Waals surface area contributed by atoms with Crippen LogP contribution in [0.1, 0.15) is 11.1 Å². The lowest BCUT2D eigenvalue weighted by Crippen LogP contribution is -2.02. The van der Waals surface area contributed by atoms with Gasteiger partial charge in [0.05, 0.1) is 5.69 Å². The van der Waals surface area contributed by atoms with Gasteiger partial charge in [-0.25, -0.2) is 8.78 Å². The Morgan fingerprint density at radius 1 is 0.857 bits per heavy atom. The third kappa shape index (κ3) is 3.68. The first kappa shape index (κ1) is 18.4. The molecule has 0 unspecified atom stereocenters. The highest BCUT2D eigenvalue weighted by molar-refractivity contribution is 7.98. The van der Waals surface area contributed by atoms with Gasteiger partial charge in [-0.15, -0.1) is 10.2 Å². The number of nitrogens with zero attached hydrogens (tertiary/aromatic N) is 3. The Kier molecular flexibility index (Phi) is 5.21. The zero-order chi connectivity index (χ0) is 19.5. The van der Waals surface area contributed by atoms with Crippen LogP contribution in [0.25, 0.3) is 17.1 Å². The molecule has 0 amide bonds. The highest BCUT2D eigenvalue weighted by Gasteiger charge is 2.18. The van der Waals surface area contributed by atoms with Crippen molar-refractivity contribution >= 4 is 11.8 Å². The molecule has 140 valence electrons. The van der Waals surface area contributed by atoms with Crippen molar-refractivity contribution in [3.8, 4) is 17.1 Å². The minimum atomic E-state index is -0.306. The predicted octanol–water partition coefficient (Wildman–Crippen LogP) is 5.81. The van der Waals surface area contributed by atoms with E-state index in [2.05, 4.69) is 10.2 Å². The second-order valence-electron chi connectivity index (χ2n) is 6.32. The summed E-state index contributed by atoms with van der Waals surface area (Å²) in [4.78, 5) is 0. The molecule has 28 heavy (non-hydrogen) atoms. The highest BCUT2D eigenvalue weighted by Crippen LogP contribution is 2.31. The number of rotatable bonds is 5. The molecule has 0 aliphatic heterocycles. The molecule has 1 heterocycles. The summed E-state index contributed by atoms with van der Waals surface area (Å²) in [7, 11) is 0. The van der Waals surface area contributed by atoms with Crippen molar-refractivity contribution in [2.45, 2.75) is 17.8 Å². The molecular weight excluding hydrogens is 376 g/mol. The Morgan fingerprint density at radius 2 is 1.57 bits per heavy atom. The van der Waals surface area contributed by atoms with E-state index >= 15 is 0 Å². The second kappa shape index (κ2) is 7.94. The molecule has 0 fully saturated rings. The first-order valence-electron chi connectivity index (χ1n) is 8.77. The van der Waals surface area contributed by atoms with Gasteiger partial charge in [0.15, 0.2) is 11.0 Å². The summed E-state index contributed by atoms with van der Waals surface area (Å²) in [6, 6.07) is 20.8. The number of aryl methyl sites for hydroxylation is 1. The maximum absolute atomic E-state index is 14.0. The Labute approximate surface area is 166 Å². The number of hydrogen-bond acceptors (Lipinski definition) is 3. The van der Waals surface area contributed by atoms with Gasteiger partial charge in [-0.2, -0.15) is 0 Å². The molecule has 0 aliphatic rings. The summed E-state index contributed by atoms with van der Waals surface area (Å²) < 4.78 is 29.3. The van der Waals surface area contributed by atoms with E-state index in [0.29, 0.717) is 22.3 Å². The second-order valence-corrected chi connectivity index (χ2v) is 7.26. The molecule has 0 bridgehead atoms. The maximum atomic E-state index is 14.0. The molecule has 3 nitrogen and oxygen atoms in total. The third-order valence-electron chi connectivity index (χ3n) is 4.41. The van der Waals surface area contributed by atoms with Crippen molar-refractivity contribution in [2.24, 2.45) is 0 Å². The fraction of sp³-hybridized carbons (Fsp3) is 0.0909. The molecule has 4 rings (SSSR count). The molecule has 0 aliphatic carbocycles. The van der Waals surface area contributed by atoms with E-state index in [1.54, 1.807) is 24.3 Å². The van der Waals surface area contributed by atoms with Gasteiger partial charge in [0.25, 0.3) is 0 Å². The lowest BCUT2D eigenvalue weighted by atomic mass is 10.1. The van der Waals surface area contributed by atoms with Crippen LogP contribution in [0, 0.1) is 18.6 Å². The van der Waals surface area contributed by atoms with Crippen LogP contribution in [0.15, 0.2) is 78.0 Å². The van der Waals surface area contributed by atoms with Crippen LogP contribution in [-0.2, 0) is 5.75 Å². The molecular formula is C22H17F2N3S. The van der Waals surface area contributed by atoms with Crippen LogP contribution in [0.3, 0.4) is 0 Å². The van der Waals surface area contributed by atoms with Crippen LogP contribution in [0.4, 0.5) is 8.78 Å². The van der Waals surface area contributed by atoms with Gasteiger partial charge in [0.2, 0.25) is 0 Å². The average molecular weight is 393 g/mol. The van der Waals surface area contributed by atoms with Crippen LogP contribution in [0.2, 0.25) is 0 Å². The van der Waals surface area contributed by atoms with Gasteiger partial charge < -0.3 is 0 Å². The van der Waals surface area contributed by atoms with E-state index in [9.17, 15) is 8.78 Å². The molecule has 1 aromatic heterocycles. The van der Waals surface area contributed by atoms with E-state index < -0.39 is 0 Å². The molecule has 0 radical (unpaired) electrons. The summed E-state index contributed by atoms with van der Waals surface area (Å²) in [5.74, 6) is 0.501. The highest BCUT2D eigenvalue weighted by atomic mass is 32.2. The minimum Gasteiger partial charge on any atom is -0.270 e. The fourth-order valence-electron chi connectivity index (χ4n) is 2.94. The third-order valence-corrected chi connectivity index (χ3v) is 5.38. The van der Waals surface area contributed by atoms with Gasteiger partial charge in [0, 0.05) is 11.3 Å². The standard InChI is InChI=1S/C22H17F2N3S/c1-15-6-2-5-9-20(15)27-21(16-10-12-18(23)13-11-16)25-26-22(27)28-14-17-7-3-4-8-19(17)24/h2-13H,14H2,1H3. The lowest BCUT2D eigenvalue weighted by Gasteiger charge is -2.13. The van der Waals surface area contributed by atoms with Gasteiger partial charge in [-0.3, -0.25) is 4.57 Å². The van der Waals surface area contributed by atoms with Gasteiger partial charge in [-0.1, -0.05) is 48.2 Å². The summed E-state index contributed by atoms with van der Waals surface area (Å²) in [5.41, 5.74) is 3.35. The van der Waals surface area contributed by atoms with Crippen LogP contribution in [0.5, 0.6) is 0 Å². The first-order chi connectivity index (χ1) is 13.6. The van der Waals surface area contributed by atoms with Crippen molar-refractivity contribution in [1.29, 1.82) is 0 Å². The van der Waals surface area contributed by atoms with E-state index in [1.807, 2.05) is 41.8 Å². The molecule has 0 atom stereocenters. The molecule has 0 saturated heterocycles. The fourth-order valence-corrected chi connectivity index (χ4v) is 3.87. The number of para-hydroxylation sites is 1. The number of aromatic nitrogens is 3. The maximum Gasteiger partial charge on any atom is 0.196 e. The largest absolute Gasteiger partial charge is 0.270 e. The lowest BCUT2D eigenvalue weighted by molar-refractivity contribution is 0.617. The topological polar surface area (TPSA) is 30.7 Å². The molecule has 0 N–H and O–H groups in total. The van der Waals surface area contributed by atoms with Crippen molar-refractivity contribution < 1.29 is 8.78 Å². The van der Waals surface area contributed by atoms with Crippen molar-refractivity contribution in [1.82, 2.24) is 14.8 Å². The molecule has 0 spiro atoms. The van der Waals surface area contributed by atoms with Crippen molar-refractivity contribution in [3.05, 3.63) is 95.6 Å². The average Bonchev–Trinajstić information content (AvgIpc) is 3.12. The van der Waals surface area contributed by atoms with Gasteiger partial charge in [0.1, 0.15) is 11.6 Å². The first-order valence-corrected chi connectivity index (χ1v) is 9.75. The Bertz CT molecular complexity index is 1110. The van der Waals surface area contributed by atoms with Gasteiger partial charge >= 0.3 is 0 Å². The van der Waals surface area contributed by atoms with Crippen LogP contribution >= 0.6 is 11.8 Å². The van der Waals surface area contributed by atoms with Crippen molar-refractivity contribution in [2.75, 3.05) is 0 Å². The summed E-state index contributed by atoms with van der Waals surface area (Å²) >= 11 is 1.41. The Hall–Kier alpha value is -2.99. The SMILES string of the molecule is Cc1ccccc1-n1c(SCc2ccccc2F)nnc1-c1ccc(F)cc1. The minimum absolute atomic E-state index is 0.240. The summed E-state index contributed by atoms with van der Waals surface area (Å²) in [6.45, 7) is 2.01. The molecule has 3 aromatic carbocycles. The van der Waals surface area contributed by atoms with E-state index in [4.69, 9.17) is 0 Å². The molecule has 0 saturated carbocycles. The monoisotopic (exact) mass is 393 g/mol. The van der Waals surface area contributed by atoms with Gasteiger partial charge in [-0.05, 0) is 54.4 Å². The predicted molar refractivity (Wildman–Crippen MR) is 107 cm³/mol. The molecule has 6 heteroatoms. The number of thioether (sulfide) groups is 1. The Morgan fingerprint density at radius 3 is 2.32 bits per heavy atom. The quantitative estimate of drug-likeness (QED) is 0.401. The number of halogens is 2. The normalized spacial score (nSPS) is 11.0. The van der Waals surface area contributed by atoms with Crippen LogP contribution < -0.4 is 0 Å². The van der Waals surface area contributed by atoms with Crippen molar-refractivity contribution in [3.63, 3.8) is 0 Å². The number of hydrogen-bond donors (Lipinski definition) is 0. The smallest absolute Gasteiger partial charge is 0.196 e. The van der Waals surface area contributed by atoms with E-state index in [1.165, 1.54) is 30.0 Å². The Balaban J connectivity index is 1.77. The van der Waals surface area contributed by atoms with E-state index in [0.717, 1.165) is 16.8 Å². The van der Waals surface area contributed by atoms with Crippen LogP contribution in [-0.4, -0.2) is 14.8 Å².